The molecule has 1 heterocycles. The van der Waals surface area contributed by atoms with Gasteiger partial charge >= 0.3 is 0 Å². The lowest BCUT2D eigenvalue weighted by molar-refractivity contribution is 0.0511. The van der Waals surface area contributed by atoms with Crippen LogP contribution in [0.15, 0.2) is 0 Å². The summed E-state index contributed by atoms with van der Waals surface area (Å²) in [5.41, 5.74) is 0.0907. The smallest absolute Gasteiger partial charge is 0.267 e. The van der Waals surface area contributed by atoms with Gasteiger partial charge in [0.2, 0.25) is 0 Å². The van der Waals surface area contributed by atoms with Gasteiger partial charge in [-0.2, -0.15) is 0 Å². The summed E-state index contributed by atoms with van der Waals surface area (Å²) in [4.78, 5) is 13.4. The zero-order valence-corrected chi connectivity index (χ0v) is 11.9. The lowest BCUT2D eigenvalue weighted by Gasteiger charge is -2.22. The SMILES string of the molecule is CC(C)(C)c1nnsc1C(=O)N(CCO)CC(F)F. The van der Waals surface area contributed by atoms with Gasteiger partial charge in [0.25, 0.3) is 12.3 Å². The number of aromatic nitrogens is 2. The van der Waals surface area contributed by atoms with Crippen LogP contribution in [-0.2, 0) is 5.41 Å². The van der Waals surface area contributed by atoms with Gasteiger partial charge in [0.05, 0.1) is 18.8 Å². The number of aliphatic hydroxyl groups excluding tert-OH is 1. The molecule has 1 N–H and O–H groups in total. The van der Waals surface area contributed by atoms with E-state index in [-0.39, 0.29) is 18.0 Å². The molecule has 1 aromatic rings. The second-order valence-electron chi connectivity index (χ2n) is 5.07. The van der Waals surface area contributed by atoms with E-state index in [0.29, 0.717) is 5.69 Å². The third kappa shape index (κ3) is 4.17. The number of amides is 1. The molecule has 1 amide bonds. The monoisotopic (exact) mass is 293 g/mol. The van der Waals surface area contributed by atoms with Crippen LogP contribution < -0.4 is 0 Å². The molecule has 108 valence electrons. The molecule has 0 spiro atoms. The van der Waals surface area contributed by atoms with Crippen LogP contribution in [0.4, 0.5) is 8.78 Å². The highest BCUT2D eigenvalue weighted by atomic mass is 32.1. The summed E-state index contributed by atoms with van der Waals surface area (Å²) in [7, 11) is 0. The summed E-state index contributed by atoms with van der Waals surface area (Å²) in [5, 5.41) is 12.8. The largest absolute Gasteiger partial charge is 0.395 e. The maximum absolute atomic E-state index is 12.4. The van der Waals surface area contributed by atoms with E-state index < -0.39 is 24.3 Å². The van der Waals surface area contributed by atoms with E-state index in [1.165, 1.54) is 0 Å². The summed E-state index contributed by atoms with van der Waals surface area (Å²) < 4.78 is 28.6. The zero-order valence-electron chi connectivity index (χ0n) is 11.1. The van der Waals surface area contributed by atoms with Crippen LogP contribution in [-0.4, -0.2) is 51.6 Å². The molecule has 0 saturated carbocycles. The molecule has 0 aliphatic heterocycles. The third-order valence-electron chi connectivity index (χ3n) is 2.41. The topological polar surface area (TPSA) is 66.3 Å². The molecule has 0 unspecified atom stereocenters. The molecule has 1 rings (SSSR count). The minimum absolute atomic E-state index is 0.134. The Hall–Kier alpha value is -1.15. The standard InChI is InChI=1S/C11H17F2N3O2S/c1-11(2,3)9-8(19-15-14-9)10(18)16(4-5-17)6-7(12)13/h7,17H,4-6H2,1-3H3. The third-order valence-corrected chi connectivity index (χ3v) is 3.12. The Kier molecular flexibility index (Phi) is 5.30. The molecule has 1 aromatic heterocycles. The maximum atomic E-state index is 12.4. The molecule has 0 radical (unpaired) electrons. The Balaban J connectivity index is 3.00. The van der Waals surface area contributed by atoms with Crippen molar-refractivity contribution in [1.82, 2.24) is 14.5 Å². The molecule has 0 aliphatic rings. The number of rotatable bonds is 5. The number of hydrogen-bond acceptors (Lipinski definition) is 5. The quantitative estimate of drug-likeness (QED) is 0.894. The van der Waals surface area contributed by atoms with Crippen LogP contribution in [0.5, 0.6) is 0 Å². The average Bonchev–Trinajstić information content (AvgIpc) is 2.75. The van der Waals surface area contributed by atoms with Crippen molar-refractivity contribution >= 4 is 17.4 Å². The Labute approximate surface area is 114 Å². The Bertz CT molecular complexity index is 432. The van der Waals surface area contributed by atoms with Gasteiger partial charge in [0.1, 0.15) is 4.88 Å². The molecule has 8 heteroatoms. The average molecular weight is 293 g/mol. The second kappa shape index (κ2) is 6.33. The Morgan fingerprint density at radius 1 is 1.47 bits per heavy atom. The highest BCUT2D eigenvalue weighted by Gasteiger charge is 2.29. The predicted molar refractivity (Wildman–Crippen MR) is 67.6 cm³/mol. The molecular formula is C11H17F2N3O2S. The first-order chi connectivity index (χ1) is 8.77. The van der Waals surface area contributed by atoms with E-state index in [2.05, 4.69) is 9.59 Å². The van der Waals surface area contributed by atoms with Crippen molar-refractivity contribution in [2.24, 2.45) is 0 Å². The van der Waals surface area contributed by atoms with Gasteiger partial charge in [-0.05, 0) is 11.5 Å². The van der Waals surface area contributed by atoms with Gasteiger partial charge in [-0.1, -0.05) is 25.3 Å². The van der Waals surface area contributed by atoms with Crippen LogP contribution in [0.2, 0.25) is 0 Å². The minimum Gasteiger partial charge on any atom is -0.395 e. The van der Waals surface area contributed by atoms with Crippen molar-refractivity contribution in [3.63, 3.8) is 0 Å². The summed E-state index contributed by atoms with van der Waals surface area (Å²) in [6, 6.07) is 0. The molecule has 0 bridgehead atoms. The number of halogens is 2. The summed E-state index contributed by atoms with van der Waals surface area (Å²) in [6.07, 6.45) is -2.64. The van der Waals surface area contributed by atoms with Crippen molar-refractivity contribution in [3.8, 4) is 0 Å². The van der Waals surface area contributed by atoms with Crippen molar-refractivity contribution < 1.29 is 18.7 Å². The number of carbonyl (C=O) groups excluding carboxylic acids is 1. The lowest BCUT2D eigenvalue weighted by Crippen LogP contribution is -2.37. The molecule has 0 saturated heterocycles. The fourth-order valence-corrected chi connectivity index (χ4v) is 2.37. The van der Waals surface area contributed by atoms with Gasteiger partial charge in [-0.25, -0.2) is 8.78 Å². The molecule has 0 aliphatic carbocycles. The molecular weight excluding hydrogens is 276 g/mol. The first-order valence-corrected chi connectivity index (χ1v) is 6.55. The van der Waals surface area contributed by atoms with Crippen LogP contribution in [0.3, 0.4) is 0 Å². The van der Waals surface area contributed by atoms with Crippen LogP contribution >= 0.6 is 11.5 Å². The normalized spacial score (nSPS) is 11.9. The fourth-order valence-electron chi connectivity index (χ4n) is 1.53. The fraction of sp³-hybridized carbons (Fsp3) is 0.727. The van der Waals surface area contributed by atoms with Crippen molar-refractivity contribution in [1.29, 1.82) is 0 Å². The van der Waals surface area contributed by atoms with E-state index >= 15 is 0 Å². The van der Waals surface area contributed by atoms with E-state index in [0.717, 1.165) is 16.4 Å². The van der Waals surface area contributed by atoms with E-state index in [1.54, 1.807) is 0 Å². The van der Waals surface area contributed by atoms with Crippen molar-refractivity contribution in [2.75, 3.05) is 19.7 Å². The first-order valence-electron chi connectivity index (χ1n) is 5.78. The Morgan fingerprint density at radius 3 is 2.58 bits per heavy atom. The number of nitrogens with zero attached hydrogens (tertiary/aromatic N) is 3. The molecule has 19 heavy (non-hydrogen) atoms. The van der Waals surface area contributed by atoms with E-state index in [1.807, 2.05) is 20.8 Å². The van der Waals surface area contributed by atoms with Gasteiger partial charge in [-0.3, -0.25) is 4.79 Å². The van der Waals surface area contributed by atoms with Crippen LogP contribution in [0.25, 0.3) is 0 Å². The number of hydrogen-bond donors (Lipinski definition) is 1. The van der Waals surface area contributed by atoms with Gasteiger partial charge < -0.3 is 10.0 Å². The first kappa shape index (κ1) is 15.9. The highest BCUT2D eigenvalue weighted by molar-refractivity contribution is 7.08. The van der Waals surface area contributed by atoms with Gasteiger partial charge in [-0.15, -0.1) is 5.10 Å². The number of carbonyl (C=O) groups is 1. The summed E-state index contributed by atoms with van der Waals surface area (Å²) in [5.74, 6) is -0.561. The summed E-state index contributed by atoms with van der Waals surface area (Å²) in [6.45, 7) is 4.39. The summed E-state index contributed by atoms with van der Waals surface area (Å²) >= 11 is 0.887. The molecule has 5 nitrogen and oxygen atoms in total. The maximum Gasteiger partial charge on any atom is 0.267 e. The molecule has 0 fully saturated rings. The Morgan fingerprint density at radius 2 is 2.11 bits per heavy atom. The number of aliphatic hydroxyl groups is 1. The molecule has 0 atom stereocenters. The van der Waals surface area contributed by atoms with Crippen LogP contribution in [0.1, 0.15) is 36.1 Å². The van der Waals surface area contributed by atoms with Crippen LogP contribution in [0, 0.1) is 0 Å². The van der Waals surface area contributed by atoms with Crippen molar-refractivity contribution in [2.45, 2.75) is 32.6 Å². The highest BCUT2D eigenvalue weighted by Crippen LogP contribution is 2.26. The second-order valence-corrected chi connectivity index (χ2v) is 5.82. The predicted octanol–water partition coefficient (Wildman–Crippen LogP) is 1.54. The van der Waals surface area contributed by atoms with E-state index in [9.17, 15) is 13.6 Å². The zero-order chi connectivity index (χ0) is 14.6. The van der Waals surface area contributed by atoms with Gasteiger partial charge in [0.15, 0.2) is 0 Å². The minimum atomic E-state index is -2.64. The molecule has 0 aromatic carbocycles. The number of alkyl halides is 2. The van der Waals surface area contributed by atoms with Crippen molar-refractivity contribution in [3.05, 3.63) is 10.6 Å². The van der Waals surface area contributed by atoms with E-state index in [4.69, 9.17) is 5.11 Å². The van der Waals surface area contributed by atoms with Gasteiger partial charge in [0, 0.05) is 12.0 Å². The lowest BCUT2D eigenvalue weighted by atomic mass is 9.91.